The molecule has 0 aliphatic carbocycles. The van der Waals surface area contributed by atoms with Gasteiger partial charge in [-0.1, -0.05) is 158 Å². The minimum atomic E-state index is -2.78. The number of unbranched alkanes of at least 4 members (excludes halogenated alkanes) is 10. The van der Waals surface area contributed by atoms with Crippen molar-refractivity contribution in [3.8, 4) is 5.75 Å². The molecule has 0 bridgehead atoms. The van der Waals surface area contributed by atoms with Gasteiger partial charge in [0.2, 0.25) is 0 Å². The van der Waals surface area contributed by atoms with Gasteiger partial charge in [-0.3, -0.25) is 4.79 Å². The molecule has 1 heterocycles. The average Bonchev–Trinajstić information content (AvgIpc) is 3.37. The minimum Gasteiger partial charge on any atom is -0.493 e. The van der Waals surface area contributed by atoms with Crippen molar-refractivity contribution in [3.05, 3.63) is 84.4 Å². The van der Waals surface area contributed by atoms with Crippen LogP contribution in [0, 0.1) is 0 Å². The first-order chi connectivity index (χ1) is 25.8. The van der Waals surface area contributed by atoms with Crippen LogP contribution in [0.25, 0.3) is 0 Å². The zero-order valence-electron chi connectivity index (χ0n) is 34.8. The predicted octanol–water partition coefficient (Wildman–Crippen LogP) is 10.1. The van der Waals surface area contributed by atoms with E-state index in [1.807, 2.05) is 0 Å². The maximum atomic E-state index is 12.2. The van der Waals surface area contributed by atoms with Gasteiger partial charge in [0.1, 0.15) is 5.75 Å². The summed E-state index contributed by atoms with van der Waals surface area (Å²) >= 11 is 0. The Labute approximate surface area is 329 Å². The molecule has 4 rings (SSSR count). The molecule has 0 unspecified atom stereocenters. The summed E-state index contributed by atoms with van der Waals surface area (Å²) in [7, 11) is -3.26. The van der Waals surface area contributed by atoms with E-state index in [-0.39, 0.29) is 11.0 Å². The standard InChI is InChI=1S/C46H69BO6Si/c1-9-10-11-12-13-16-26-35-50-43(48)31-24-15-14-17-25-34-49-42-33-32-39(47-52-45(5,6)46(7,8)53-47)36-38(42)37-51-54(44(2,3)4,40-27-20-18-21-28-40)41-29-22-19-23-30-41/h18-23,27-30,32-33,36H,9-17,24-26,31,34-35,37H2,1-8H3. The second-order valence-corrected chi connectivity index (χ2v) is 21.4. The number of benzene rings is 3. The van der Waals surface area contributed by atoms with E-state index in [1.54, 1.807) is 0 Å². The topological polar surface area (TPSA) is 63.2 Å². The zero-order valence-corrected chi connectivity index (χ0v) is 35.8. The highest BCUT2D eigenvalue weighted by Gasteiger charge is 2.52. The summed E-state index contributed by atoms with van der Waals surface area (Å²) in [6.07, 6.45) is 14.0. The fraction of sp³-hybridized carbons (Fsp3) is 0.587. The summed E-state index contributed by atoms with van der Waals surface area (Å²) in [5.41, 5.74) is 1.07. The Morgan fingerprint density at radius 1 is 0.685 bits per heavy atom. The fourth-order valence-corrected chi connectivity index (χ4v) is 11.9. The lowest BCUT2D eigenvalue weighted by molar-refractivity contribution is -0.143. The van der Waals surface area contributed by atoms with Gasteiger partial charge in [-0.25, -0.2) is 0 Å². The Morgan fingerprint density at radius 2 is 1.20 bits per heavy atom. The lowest BCUT2D eigenvalue weighted by Crippen LogP contribution is -2.66. The van der Waals surface area contributed by atoms with Crippen LogP contribution in [0.1, 0.15) is 144 Å². The molecule has 1 aliphatic rings. The predicted molar refractivity (Wildman–Crippen MR) is 227 cm³/mol. The van der Waals surface area contributed by atoms with Gasteiger partial charge in [0, 0.05) is 12.0 Å². The molecule has 0 aromatic heterocycles. The van der Waals surface area contributed by atoms with E-state index in [9.17, 15) is 4.79 Å². The van der Waals surface area contributed by atoms with E-state index < -0.39 is 26.6 Å². The second-order valence-electron chi connectivity index (χ2n) is 17.1. The van der Waals surface area contributed by atoms with Crippen LogP contribution >= 0.6 is 0 Å². The van der Waals surface area contributed by atoms with Crippen LogP contribution in [0.3, 0.4) is 0 Å². The van der Waals surface area contributed by atoms with Crippen LogP contribution in [-0.2, 0) is 29.9 Å². The maximum absolute atomic E-state index is 12.2. The first-order valence-corrected chi connectivity index (χ1v) is 22.7. The molecule has 1 fully saturated rings. The number of rotatable bonds is 23. The van der Waals surface area contributed by atoms with Gasteiger partial charge >= 0.3 is 13.1 Å². The third-order valence-electron chi connectivity index (χ3n) is 11.3. The number of carbonyl (C=O) groups excluding carboxylic acids is 1. The van der Waals surface area contributed by atoms with Gasteiger partial charge < -0.3 is 23.2 Å². The second kappa shape index (κ2) is 20.9. The number of ether oxygens (including phenoxy) is 2. The minimum absolute atomic E-state index is 0.0545. The Bertz CT molecular complexity index is 1480. The summed E-state index contributed by atoms with van der Waals surface area (Å²) in [5.74, 6) is 0.776. The van der Waals surface area contributed by atoms with Crippen LogP contribution < -0.4 is 20.6 Å². The number of hydrogen-bond acceptors (Lipinski definition) is 6. The van der Waals surface area contributed by atoms with Crippen LogP contribution in [0.15, 0.2) is 78.9 Å². The Kier molecular flexibility index (Phi) is 16.9. The molecular formula is C46H69BO6Si. The van der Waals surface area contributed by atoms with Crippen molar-refractivity contribution >= 4 is 37.2 Å². The first kappa shape index (κ1) is 43.8. The van der Waals surface area contributed by atoms with Gasteiger partial charge in [-0.15, -0.1) is 0 Å². The van der Waals surface area contributed by atoms with E-state index in [0.717, 1.165) is 61.7 Å². The van der Waals surface area contributed by atoms with Crippen LogP contribution in [0.5, 0.6) is 5.75 Å². The van der Waals surface area contributed by atoms with Gasteiger partial charge in [0.15, 0.2) is 0 Å². The first-order valence-electron chi connectivity index (χ1n) is 20.8. The smallest absolute Gasteiger partial charge is 0.493 e. The van der Waals surface area contributed by atoms with Crippen LogP contribution in [0.2, 0.25) is 5.04 Å². The van der Waals surface area contributed by atoms with Crippen molar-refractivity contribution in [3.63, 3.8) is 0 Å². The molecule has 6 nitrogen and oxygen atoms in total. The van der Waals surface area contributed by atoms with Gasteiger partial charge in [0.05, 0.1) is 31.0 Å². The van der Waals surface area contributed by atoms with E-state index in [2.05, 4.69) is 134 Å². The largest absolute Gasteiger partial charge is 0.494 e. The monoisotopic (exact) mass is 756 g/mol. The Hall–Kier alpha value is -2.91. The van der Waals surface area contributed by atoms with Crippen LogP contribution in [-0.4, -0.2) is 45.8 Å². The highest BCUT2D eigenvalue weighted by atomic mass is 28.4. The lowest BCUT2D eigenvalue weighted by Gasteiger charge is -2.43. The third-order valence-corrected chi connectivity index (χ3v) is 16.2. The zero-order chi connectivity index (χ0) is 39.1. The Morgan fingerprint density at radius 3 is 1.76 bits per heavy atom. The molecule has 3 aromatic carbocycles. The summed E-state index contributed by atoms with van der Waals surface area (Å²) in [6, 6.07) is 27.8. The van der Waals surface area contributed by atoms with Gasteiger partial charge in [-0.05, 0) is 73.9 Å². The fourth-order valence-electron chi connectivity index (χ4n) is 7.33. The summed E-state index contributed by atoms with van der Waals surface area (Å²) in [6.45, 7) is 19.1. The average molecular weight is 757 g/mol. The quantitative estimate of drug-likeness (QED) is 0.0546. The molecule has 54 heavy (non-hydrogen) atoms. The van der Waals surface area contributed by atoms with Crippen molar-refractivity contribution in [2.75, 3.05) is 13.2 Å². The summed E-state index contributed by atoms with van der Waals surface area (Å²) in [5, 5.41) is 2.34. The van der Waals surface area contributed by atoms with Crippen LogP contribution in [0.4, 0.5) is 0 Å². The van der Waals surface area contributed by atoms with E-state index in [4.69, 9.17) is 23.2 Å². The van der Waals surface area contributed by atoms with Gasteiger partial charge in [-0.2, -0.15) is 0 Å². The lowest BCUT2D eigenvalue weighted by atomic mass is 9.78. The third kappa shape index (κ3) is 12.0. The SMILES string of the molecule is CCCCCCCCCOC(=O)CCCCCCCOc1ccc(B2OC(C)(C)C(C)(C)O2)cc1CO[Si](c1ccccc1)(c1ccccc1)C(C)(C)C. The molecule has 0 radical (unpaired) electrons. The van der Waals surface area contributed by atoms with E-state index in [0.29, 0.717) is 26.2 Å². The number of esters is 1. The molecule has 8 heteroatoms. The van der Waals surface area contributed by atoms with Crippen molar-refractivity contribution in [1.29, 1.82) is 0 Å². The van der Waals surface area contributed by atoms with E-state index >= 15 is 0 Å². The summed E-state index contributed by atoms with van der Waals surface area (Å²) in [4.78, 5) is 12.2. The summed E-state index contributed by atoms with van der Waals surface area (Å²) < 4.78 is 32.3. The molecular weight excluding hydrogens is 687 g/mol. The molecule has 3 aromatic rings. The molecule has 0 spiro atoms. The number of carbonyl (C=O) groups is 1. The maximum Gasteiger partial charge on any atom is 0.494 e. The molecule has 296 valence electrons. The molecule has 1 aliphatic heterocycles. The normalized spacial score (nSPS) is 15.4. The molecule has 0 N–H and O–H groups in total. The van der Waals surface area contributed by atoms with Crippen molar-refractivity contribution in [1.82, 2.24) is 0 Å². The number of hydrogen-bond donors (Lipinski definition) is 0. The molecule has 1 saturated heterocycles. The van der Waals surface area contributed by atoms with Crippen molar-refractivity contribution in [2.45, 2.75) is 162 Å². The van der Waals surface area contributed by atoms with Gasteiger partial charge in [0.25, 0.3) is 8.32 Å². The highest BCUT2D eigenvalue weighted by molar-refractivity contribution is 6.99. The van der Waals surface area contributed by atoms with Crippen molar-refractivity contribution in [2.24, 2.45) is 0 Å². The highest BCUT2D eigenvalue weighted by Crippen LogP contribution is 2.39. The molecule has 0 atom stereocenters. The molecule has 0 saturated carbocycles. The van der Waals surface area contributed by atoms with E-state index in [1.165, 1.54) is 42.5 Å². The van der Waals surface area contributed by atoms with Crippen molar-refractivity contribution < 1.29 is 28.0 Å². The molecule has 0 amide bonds. The Balaban J connectivity index is 1.37.